The summed E-state index contributed by atoms with van der Waals surface area (Å²) in [6, 6.07) is 1.41. The van der Waals surface area contributed by atoms with E-state index in [1.807, 2.05) is 0 Å². The Morgan fingerprint density at radius 2 is 2.27 bits per heavy atom. The first-order valence-electron chi connectivity index (χ1n) is 2.65. The van der Waals surface area contributed by atoms with E-state index in [1.165, 1.54) is 12.3 Å². The summed E-state index contributed by atoms with van der Waals surface area (Å²) >= 11 is 11.1. The molecule has 0 bridgehead atoms. The molecule has 0 aliphatic carbocycles. The maximum Gasteiger partial charge on any atom is 0.298 e. The number of hydrogen-bond acceptors (Lipinski definition) is 3. The Morgan fingerprint density at radius 1 is 1.55 bits per heavy atom. The molecule has 0 spiro atoms. The summed E-state index contributed by atoms with van der Waals surface area (Å²) in [5.41, 5.74) is 0. The molecule has 5 heteroatoms. The Morgan fingerprint density at radius 3 is 2.82 bits per heavy atom. The van der Waals surface area contributed by atoms with Crippen molar-refractivity contribution in [1.29, 1.82) is 0 Å². The molecule has 58 valence electrons. The van der Waals surface area contributed by atoms with Crippen LogP contribution in [0.4, 0.5) is 0 Å². The first kappa shape index (κ1) is 8.30. The van der Waals surface area contributed by atoms with Crippen LogP contribution in [0.1, 0.15) is 0 Å². The van der Waals surface area contributed by atoms with Gasteiger partial charge in [0.15, 0.2) is 0 Å². The van der Waals surface area contributed by atoms with Gasteiger partial charge in [-0.05, 0) is 0 Å². The predicted octanol–water partition coefficient (Wildman–Crippen LogP) is 1.92. The van der Waals surface area contributed by atoms with Crippen molar-refractivity contribution in [2.24, 2.45) is 0 Å². The summed E-state index contributed by atoms with van der Waals surface area (Å²) < 4.78 is 4.46. The number of nitrogens with zero attached hydrogens (tertiary/aromatic N) is 1. The maximum absolute atomic E-state index is 9.84. The maximum atomic E-state index is 9.84. The number of aromatic nitrogens is 1. The molecule has 0 saturated heterocycles. The number of rotatable bonds is 2. The fraction of sp³-hybridized carbons (Fsp3) is 0. The normalized spacial score (nSPS) is 9.27. The van der Waals surface area contributed by atoms with E-state index in [0.29, 0.717) is 6.47 Å². The molecule has 0 atom stereocenters. The summed E-state index contributed by atoms with van der Waals surface area (Å²) in [5.74, 6) is 0.273. The highest BCUT2D eigenvalue weighted by molar-refractivity contribution is 6.41. The van der Waals surface area contributed by atoms with Crippen LogP contribution in [0.5, 0.6) is 5.75 Å². The van der Waals surface area contributed by atoms with Crippen LogP contribution in [0.25, 0.3) is 0 Å². The summed E-state index contributed by atoms with van der Waals surface area (Å²) in [6.07, 6.45) is 1.31. The van der Waals surface area contributed by atoms with Gasteiger partial charge in [-0.1, -0.05) is 23.2 Å². The molecule has 0 amide bonds. The van der Waals surface area contributed by atoms with Gasteiger partial charge in [-0.25, -0.2) is 4.98 Å². The van der Waals surface area contributed by atoms with Gasteiger partial charge < -0.3 is 4.74 Å². The third-order valence-electron chi connectivity index (χ3n) is 0.955. The van der Waals surface area contributed by atoms with E-state index in [4.69, 9.17) is 23.2 Å². The lowest BCUT2D eigenvalue weighted by atomic mass is 10.5. The van der Waals surface area contributed by atoms with Gasteiger partial charge in [0.25, 0.3) is 6.47 Å². The number of carbonyl (C=O) groups is 1. The van der Waals surface area contributed by atoms with Crippen molar-refractivity contribution in [3.8, 4) is 5.75 Å². The molecule has 0 radical (unpaired) electrons. The number of pyridine rings is 1. The van der Waals surface area contributed by atoms with E-state index in [1.54, 1.807) is 0 Å². The van der Waals surface area contributed by atoms with Gasteiger partial charge in [-0.15, -0.1) is 0 Å². The first-order chi connectivity index (χ1) is 5.24. The van der Waals surface area contributed by atoms with E-state index >= 15 is 0 Å². The standard InChI is InChI=1S/C6H3Cl2NO2/c7-5-1-4(11-3-10)2-9-6(5)8/h1-3H. The number of halogens is 2. The van der Waals surface area contributed by atoms with Crippen LogP contribution in [0.3, 0.4) is 0 Å². The van der Waals surface area contributed by atoms with Crippen molar-refractivity contribution in [2.45, 2.75) is 0 Å². The van der Waals surface area contributed by atoms with Crippen molar-refractivity contribution in [1.82, 2.24) is 4.98 Å². The lowest BCUT2D eigenvalue weighted by Crippen LogP contribution is -1.89. The van der Waals surface area contributed by atoms with E-state index in [0.717, 1.165) is 0 Å². The zero-order chi connectivity index (χ0) is 8.27. The van der Waals surface area contributed by atoms with Crippen molar-refractivity contribution in [3.05, 3.63) is 22.4 Å². The van der Waals surface area contributed by atoms with Crippen molar-refractivity contribution in [3.63, 3.8) is 0 Å². The molecule has 1 rings (SSSR count). The number of carbonyl (C=O) groups excluding carboxylic acids is 1. The number of ether oxygens (including phenoxy) is 1. The molecule has 1 heterocycles. The molecule has 0 aromatic carbocycles. The average molecular weight is 192 g/mol. The van der Waals surface area contributed by atoms with Gasteiger partial charge in [0.2, 0.25) is 0 Å². The molecule has 0 fully saturated rings. The molecule has 0 aliphatic rings. The highest BCUT2D eigenvalue weighted by Gasteiger charge is 2.00. The summed E-state index contributed by atoms with van der Waals surface area (Å²) in [4.78, 5) is 13.5. The van der Waals surface area contributed by atoms with Gasteiger partial charge >= 0.3 is 0 Å². The average Bonchev–Trinajstić information content (AvgIpc) is 1.98. The van der Waals surface area contributed by atoms with E-state index in [2.05, 4.69) is 9.72 Å². The smallest absolute Gasteiger partial charge is 0.298 e. The fourth-order valence-corrected chi connectivity index (χ4v) is 0.783. The van der Waals surface area contributed by atoms with Gasteiger partial charge in [0.1, 0.15) is 10.9 Å². The zero-order valence-electron chi connectivity index (χ0n) is 5.25. The largest absolute Gasteiger partial charge is 0.427 e. The molecule has 0 saturated carbocycles. The van der Waals surface area contributed by atoms with Crippen LogP contribution in [-0.2, 0) is 4.79 Å². The Kier molecular flexibility index (Phi) is 2.68. The van der Waals surface area contributed by atoms with Crippen molar-refractivity contribution >= 4 is 29.7 Å². The monoisotopic (exact) mass is 191 g/mol. The zero-order valence-corrected chi connectivity index (χ0v) is 6.76. The molecule has 3 nitrogen and oxygen atoms in total. The van der Waals surface area contributed by atoms with Crippen LogP contribution >= 0.6 is 23.2 Å². The number of hydrogen-bond donors (Lipinski definition) is 0. The van der Waals surface area contributed by atoms with Crippen LogP contribution in [0.2, 0.25) is 10.2 Å². The summed E-state index contributed by atoms with van der Waals surface area (Å²) in [6.45, 7) is 0.293. The molecule has 0 aliphatic heterocycles. The van der Waals surface area contributed by atoms with Gasteiger partial charge in [0, 0.05) is 6.07 Å². The Labute approximate surface area is 72.9 Å². The van der Waals surface area contributed by atoms with Crippen LogP contribution in [-0.4, -0.2) is 11.5 Å². The molecule has 1 aromatic heterocycles. The van der Waals surface area contributed by atoms with Gasteiger partial charge in [-0.2, -0.15) is 0 Å². The molecule has 11 heavy (non-hydrogen) atoms. The molecular weight excluding hydrogens is 189 g/mol. The second-order valence-corrected chi connectivity index (χ2v) is 2.42. The van der Waals surface area contributed by atoms with Crippen LogP contribution < -0.4 is 4.74 Å². The SMILES string of the molecule is O=COc1cnc(Cl)c(Cl)c1. The second-order valence-electron chi connectivity index (χ2n) is 1.66. The first-order valence-corrected chi connectivity index (χ1v) is 3.41. The molecule has 1 aromatic rings. The second kappa shape index (κ2) is 3.55. The van der Waals surface area contributed by atoms with E-state index < -0.39 is 0 Å². The Hall–Kier alpha value is -0.800. The lowest BCUT2D eigenvalue weighted by molar-refractivity contribution is -0.120. The van der Waals surface area contributed by atoms with Crippen LogP contribution in [0, 0.1) is 0 Å². The third-order valence-corrected chi connectivity index (χ3v) is 1.64. The summed E-state index contributed by atoms with van der Waals surface area (Å²) in [7, 11) is 0. The topological polar surface area (TPSA) is 39.2 Å². The molecular formula is C6H3Cl2NO2. The third kappa shape index (κ3) is 2.06. The summed E-state index contributed by atoms with van der Waals surface area (Å²) in [5, 5.41) is 0.441. The molecule has 0 unspecified atom stereocenters. The minimum Gasteiger partial charge on any atom is -0.427 e. The minimum absolute atomic E-state index is 0.185. The highest BCUT2D eigenvalue weighted by atomic mass is 35.5. The fourth-order valence-electron chi connectivity index (χ4n) is 0.524. The van der Waals surface area contributed by atoms with Crippen molar-refractivity contribution < 1.29 is 9.53 Å². The van der Waals surface area contributed by atoms with Crippen LogP contribution in [0.15, 0.2) is 12.3 Å². The van der Waals surface area contributed by atoms with E-state index in [-0.39, 0.29) is 15.9 Å². The Bertz CT molecular complexity index is 277. The molecule has 0 N–H and O–H groups in total. The quantitative estimate of drug-likeness (QED) is 0.530. The van der Waals surface area contributed by atoms with E-state index in [9.17, 15) is 4.79 Å². The minimum atomic E-state index is 0.185. The predicted molar refractivity (Wildman–Crippen MR) is 40.9 cm³/mol. The lowest BCUT2D eigenvalue weighted by Gasteiger charge is -1.97. The Balaban J connectivity index is 2.95. The highest BCUT2D eigenvalue weighted by Crippen LogP contribution is 2.22. The van der Waals surface area contributed by atoms with Gasteiger partial charge in [0.05, 0.1) is 11.2 Å². The van der Waals surface area contributed by atoms with Gasteiger partial charge in [-0.3, -0.25) is 4.79 Å². The van der Waals surface area contributed by atoms with Crippen molar-refractivity contribution in [2.75, 3.05) is 0 Å².